The number of para-hydroxylation sites is 1. The maximum absolute atomic E-state index is 12.3. The summed E-state index contributed by atoms with van der Waals surface area (Å²) >= 11 is 0. The number of hydrogen-bond donors (Lipinski definition) is 1. The number of carbonyl (C=O) groups is 3. The van der Waals surface area contributed by atoms with E-state index < -0.39 is 25.1 Å². The van der Waals surface area contributed by atoms with Crippen LogP contribution in [0.25, 0.3) is 0 Å². The van der Waals surface area contributed by atoms with Gasteiger partial charge in [0.1, 0.15) is 11.3 Å². The van der Waals surface area contributed by atoms with Crippen molar-refractivity contribution >= 4 is 17.8 Å². The molecule has 0 fully saturated rings. The van der Waals surface area contributed by atoms with Gasteiger partial charge in [-0.05, 0) is 25.5 Å². The van der Waals surface area contributed by atoms with E-state index in [1.807, 2.05) is 0 Å². The Labute approximate surface area is 143 Å². The number of alkyl halides is 2. The molecule has 0 saturated carbocycles. The van der Waals surface area contributed by atoms with Crippen LogP contribution in [0.3, 0.4) is 0 Å². The first-order chi connectivity index (χ1) is 11.9. The minimum atomic E-state index is -3.09. The summed E-state index contributed by atoms with van der Waals surface area (Å²) in [5, 5.41) is 2.46. The van der Waals surface area contributed by atoms with Crippen molar-refractivity contribution in [3.05, 3.63) is 29.8 Å². The van der Waals surface area contributed by atoms with Crippen LogP contribution in [-0.4, -0.2) is 44.2 Å². The van der Waals surface area contributed by atoms with Crippen LogP contribution in [-0.2, 0) is 19.1 Å². The lowest BCUT2D eigenvalue weighted by Crippen LogP contribution is -2.30. The molecule has 0 atom stereocenters. The molecule has 0 aliphatic rings. The fraction of sp³-hybridized carbons (Fsp3) is 0.438. The third kappa shape index (κ3) is 8.09. The van der Waals surface area contributed by atoms with Crippen molar-refractivity contribution in [1.82, 2.24) is 5.32 Å². The molecule has 1 N–H and O–H groups in total. The predicted molar refractivity (Wildman–Crippen MR) is 82.2 cm³/mol. The zero-order valence-corrected chi connectivity index (χ0v) is 13.6. The molecule has 7 nitrogen and oxygen atoms in total. The monoisotopic (exact) mass is 359 g/mol. The third-order valence-electron chi connectivity index (χ3n) is 2.84. The zero-order valence-electron chi connectivity index (χ0n) is 13.6. The average molecular weight is 359 g/mol. The topological polar surface area (TPSA) is 90.9 Å². The van der Waals surface area contributed by atoms with Crippen LogP contribution < -0.4 is 10.1 Å². The molecule has 0 spiro atoms. The van der Waals surface area contributed by atoms with Crippen LogP contribution in [0.2, 0.25) is 0 Å². The van der Waals surface area contributed by atoms with Crippen molar-refractivity contribution in [2.24, 2.45) is 0 Å². The Kier molecular flexibility index (Phi) is 8.91. The van der Waals surface area contributed by atoms with E-state index >= 15 is 0 Å². The summed E-state index contributed by atoms with van der Waals surface area (Å²) in [4.78, 5) is 34.5. The van der Waals surface area contributed by atoms with E-state index in [4.69, 9.17) is 9.47 Å². The van der Waals surface area contributed by atoms with Crippen LogP contribution in [0.5, 0.6) is 5.75 Å². The van der Waals surface area contributed by atoms with Gasteiger partial charge in [-0.1, -0.05) is 12.1 Å². The van der Waals surface area contributed by atoms with Gasteiger partial charge in [-0.2, -0.15) is 8.78 Å². The van der Waals surface area contributed by atoms with Crippen molar-refractivity contribution in [3.8, 4) is 5.75 Å². The van der Waals surface area contributed by atoms with Crippen LogP contribution in [0.4, 0.5) is 8.78 Å². The minimum Gasteiger partial charge on any atom is -0.466 e. The standard InChI is InChI=1S/C16H19F2NO6/c1-2-23-14(21)8-5-9-19-13(20)10-24-15(22)11-6-3-4-7-12(11)25-16(17)18/h3-4,6-7,16H,2,5,8-10H2,1H3,(H,19,20). The highest BCUT2D eigenvalue weighted by Gasteiger charge is 2.17. The smallest absolute Gasteiger partial charge is 0.387 e. The molecule has 1 aromatic carbocycles. The van der Waals surface area contributed by atoms with Gasteiger partial charge in [0.2, 0.25) is 0 Å². The second-order valence-electron chi connectivity index (χ2n) is 4.71. The van der Waals surface area contributed by atoms with Crippen molar-refractivity contribution in [2.45, 2.75) is 26.4 Å². The fourth-order valence-corrected chi connectivity index (χ4v) is 1.79. The first-order valence-electron chi connectivity index (χ1n) is 7.57. The quantitative estimate of drug-likeness (QED) is 0.507. The molecule has 0 radical (unpaired) electrons. The Bertz CT molecular complexity index is 594. The molecule has 1 rings (SSSR count). The normalized spacial score (nSPS) is 10.2. The Morgan fingerprint density at radius 1 is 1.16 bits per heavy atom. The molecule has 0 unspecified atom stereocenters. The summed E-state index contributed by atoms with van der Waals surface area (Å²) < 4.78 is 38.3. The molecule has 0 bridgehead atoms. The van der Waals surface area contributed by atoms with E-state index in [1.165, 1.54) is 24.3 Å². The van der Waals surface area contributed by atoms with Crippen LogP contribution in [0.1, 0.15) is 30.1 Å². The second-order valence-corrected chi connectivity index (χ2v) is 4.71. The van der Waals surface area contributed by atoms with Gasteiger partial charge < -0.3 is 19.5 Å². The number of carbonyl (C=O) groups excluding carboxylic acids is 3. The largest absolute Gasteiger partial charge is 0.466 e. The number of nitrogens with one attached hydrogen (secondary N) is 1. The summed E-state index contributed by atoms with van der Waals surface area (Å²) in [6.45, 7) is -1.48. The summed E-state index contributed by atoms with van der Waals surface area (Å²) in [5.41, 5.74) is -0.210. The number of esters is 2. The lowest BCUT2D eigenvalue weighted by molar-refractivity contribution is -0.143. The lowest BCUT2D eigenvalue weighted by atomic mass is 10.2. The van der Waals surface area contributed by atoms with Gasteiger partial charge in [0.05, 0.1) is 6.61 Å². The van der Waals surface area contributed by atoms with Crippen molar-refractivity contribution in [1.29, 1.82) is 0 Å². The third-order valence-corrected chi connectivity index (χ3v) is 2.84. The molecule has 0 heterocycles. The van der Waals surface area contributed by atoms with Gasteiger partial charge in [-0.15, -0.1) is 0 Å². The minimum absolute atomic E-state index is 0.159. The molecular formula is C16H19F2NO6. The van der Waals surface area contributed by atoms with E-state index in [9.17, 15) is 23.2 Å². The highest BCUT2D eigenvalue weighted by molar-refractivity contribution is 5.93. The van der Waals surface area contributed by atoms with Crippen molar-refractivity contribution < 1.29 is 37.4 Å². The van der Waals surface area contributed by atoms with Gasteiger partial charge in [0.25, 0.3) is 5.91 Å². The first kappa shape index (κ1) is 20.3. The Balaban J connectivity index is 2.36. The van der Waals surface area contributed by atoms with E-state index in [-0.39, 0.29) is 36.9 Å². The molecular weight excluding hydrogens is 340 g/mol. The van der Waals surface area contributed by atoms with Gasteiger partial charge in [-0.25, -0.2) is 4.79 Å². The molecule has 0 aromatic heterocycles. The summed E-state index contributed by atoms with van der Waals surface area (Å²) in [7, 11) is 0. The molecule has 0 aliphatic heterocycles. The summed E-state index contributed by atoms with van der Waals surface area (Å²) in [6.07, 6.45) is 0.538. The lowest BCUT2D eigenvalue weighted by Gasteiger charge is -2.10. The zero-order chi connectivity index (χ0) is 18.7. The second kappa shape index (κ2) is 11.0. The van der Waals surface area contributed by atoms with E-state index in [0.29, 0.717) is 6.42 Å². The van der Waals surface area contributed by atoms with E-state index in [2.05, 4.69) is 10.1 Å². The Morgan fingerprint density at radius 2 is 1.88 bits per heavy atom. The predicted octanol–water partition coefficient (Wildman–Crippen LogP) is 1.90. The Hall–Kier alpha value is -2.71. The highest BCUT2D eigenvalue weighted by atomic mass is 19.3. The fourth-order valence-electron chi connectivity index (χ4n) is 1.79. The Morgan fingerprint density at radius 3 is 2.56 bits per heavy atom. The van der Waals surface area contributed by atoms with Crippen LogP contribution in [0.15, 0.2) is 24.3 Å². The van der Waals surface area contributed by atoms with Gasteiger partial charge in [0.15, 0.2) is 6.61 Å². The summed E-state index contributed by atoms with van der Waals surface area (Å²) in [6, 6.07) is 5.31. The summed E-state index contributed by atoms with van der Waals surface area (Å²) in [5.74, 6) is -2.24. The molecule has 1 amide bonds. The van der Waals surface area contributed by atoms with Crippen LogP contribution >= 0.6 is 0 Å². The van der Waals surface area contributed by atoms with Crippen molar-refractivity contribution in [3.63, 3.8) is 0 Å². The molecule has 0 aliphatic carbocycles. The van der Waals surface area contributed by atoms with E-state index in [1.54, 1.807) is 6.92 Å². The molecule has 25 heavy (non-hydrogen) atoms. The number of rotatable bonds is 10. The van der Waals surface area contributed by atoms with Gasteiger partial charge >= 0.3 is 18.6 Å². The van der Waals surface area contributed by atoms with Gasteiger partial charge in [-0.3, -0.25) is 9.59 Å². The highest BCUT2D eigenvalue weighted by Crippen LogP contribution is 2.20. The molecule has 138 valence electrons. The molecule has 0 saturated heterocycles. The SMILES string of the molecule is CCOC(=O)CCCNC(=O)COC(=O)c1ccccc1OC(F)F. The number of benzene rings is 1. The maximum atomic E-state index is 12.3. The molecule has 9 heteroatoms. The number of hydrogen-bond acceptors (Lipinski definition) is 6. The number of amides is 1. The molecule has 1 aromatic rings. The number of ether oxygens (including phenoxy) is 3. The van der Waals surface area contributed by atoms with Gasteiger partial charge in [0, 0.05) is 13.0 Å². The van der Waals surface area contributed by atoms with Crippen molar-refractivity contribution in [2.75, 3.05) is 19.8 Å². The number of halogens is 2. The first-order valence-corrected chi connectivity index (χ1v) is 7.57. The van der Waals surface area contributed by atoms with E-state index in [0.717, 1.165) is 0 Å². The average Bonchev–Trinajstić information content (AvgIpc) is 2.57. The maximum Gasteiger partial charge on any atom is 0.387 e. The van der Waals surface area contributed by atoms with Crippen LogP contribution in [0, 0.1) is 0 Å².